The van der Waals surface area contributed by atoms with Gasteiger partial charge in [-0.1, -0.05) is 50.1 Å². The SMILES string of the molecule is Cc1nn(Cc2ccccc2)c(C)c1CNC(=O)N(C)C1CCCC(C)C1. The fourth-order valence-corrected chi connectivity index (χ4v) is 4.11. The molecule has 27 heavy (non-hydrogen) atoms. The van der Waals surface area contributed by atoms with E-state index >= 15 is 0 Å². The molecular weight excluding hydrogens is 336 g/mol. The second-order valence-electron chi connectivity index (χ2n) is 7.99. The van der Waals surface area contributed by atoms with E-state index in [0.717, 1.165) is 36.3 Å². The maximum absolute atomic E-state index is 12.6. The van der Waals surface area contributed by atoms with Crippen LogP contribution in [0.3, 0.4) is 0 Å². The quantitative estimate of drug-likeness (QED) is 0.857. The third kappa shape index (κ3) is 4.71. The first-order chi connectivity index (χ1) is 13.0. The topological polar surface area (TPSA) is 50.2 Å². The number of hydrogen-bond donors (Lipinski definition) is 1. The highest BCUT2D eigenvalue weighted by atomic mass is 16.2. The van der Waals surface area contributed by atoms with Crippen LogP contribution in [0.5, 0.6) is 0 Å². The van der Waals surface area contributed by atoms with E-state index in [-0.39, 0.29) is 6.03 Å². The van der Waals surface area contributed by atoms with E-state index < -0.39 is 0 Å². The van der Waals surface area contributed by atoms with Gasteiger partial charge in [0.15, 0.2) is 0 Å². The maximum Gasteiger partial charge on any atom is 0.317 e. The van der Waals surface area contributed by atoms with E-state index in [1.54, 1.807) is 0 Å². The Bertz CT molecular complexity index is 768. The van der Waals surface area contributed by atoms with Crippen LogP contribution in [0.4, 0.5) is 4.79 Å². The van der Waals surface area contributed by atoms with Crippen molar-refractivity contribution in [2.45, 2.75) is 65.6 Å². The second-order valence-corrected chi connectivity index (χ2v) is 7.99. The molecule has 2 atom stereocenters. The first kappa shape index (κ1) is 19.5. The number of nitrogens with zero attached hydrogens (tertiary/aromatic N) is 3. The summed E-state index contributed by atoms with van der Waals surface area (Å²) in [7, 11) is 1.93. The van der Waals surface area contributed by atoms with Crippen molar-refractivity contribution in [3.05, 3.63) is 52.8 Å². The number of benzene rings is 1. The van der Waals surface area contributed by atoms with Gasteiger partial charge in [-0.05, 0) is 38.2 Å². The van der Waals surface area contributed by atoms with Crippen molar-refractivity contribution in [2.24, 2.45) is 5.92 Å². The third-order valence-corrected chi connectivity index (χ3v) is 5.90. The summed E-state index contributed by atoms with van der Waals surface area (Å²) in [5.41, 5.74) is 4.44. The Morgan fingerprint density at radius 2 is 2.00 bits per heavy atom. The molecule has 1 saturated carbocycles. The van der Waals surface area contributed by atoms with Crippen molar-refractivity contribution < 1.29 is 4.79 Å². The molecule has 5 nitrogen and oxygen atoms in total. The van der Waals surface area contributed by atoms with E-state index in [4.69, 9.17) is 0 Å². The number of carbonyl (C=O) groups excluding carboxylic acids is 1. The van der Waals surface area contributed by atoms with Gasteiger partial charge in [-0.3, -0.25) is 4.68 Å². The Kier molecular flexibility index (Phi) is 6.19. The summed E-state index contributed by atoms with van der Waals surface area (Å²) in [6.07, 6.45) is 4.72. The largest absolute Gasteiger partial charge is 0.334 e. The normalized spacial score (nSPS) is 19.7. The Hall–Kier alpha value is -2.30. The third-order valence-electron chi connectivity index (χ3n) is 5.90. The number of amides is 2. The molecule has 0 aliphatic heterocycles. The van der Waals surface area contributed by atoms with Crippen LogP contribution in [0, 0.1) is 19.8 Å². The highest BCUT2D eigenvalue weighted by Gasteiger charge is 2.25. The van der Waals surface area contributed by atoms with E-state index in [0.29, 0.717) is 18.5 Å². The molecule has 1 aliphatic rings. The highest BCUT2D eigenvalue weighted by Crippen LogP contribution is 2.26. The standard InChI is InChI=1S/C22H32N4O/c1-16-9-8-12-20(13-16)25(4)22(27)23-14-21-17(2)24-26(18(21)3)15-19-10-6-5-7-11-19/h5-7,10-11,16,20H,8-9,12-15H2,1-4H3,(H,23,27). The van der Waals surface area contributed by atoms with Crippen LogP contribution in [0.2, 0.25) is 0 Å². The molecule has 1 aromatic carbocycles. The number of aromatic nitrogens is 2. The lowest BCUT2D eigenvalue weighted by Gasteiger charge is -2.34. The van der Waals surface area contributed by atoms with Gasteiger partial charge in [-0.15, -0.1) is 0 Å². The van der Waals surface area contributed by atoms with Crippen molar-refractivity contribution in [3.8, 4) is 0 Å². The van der Waals surface area contributed by atoms with Crippen molar-refractivity contribution in [1.82, 2.24) is 20.0 Å². The summed E-state index contributed by atoms with van der Waals surface area (Å²) in [5.74, 6) is 0.708. The molecule has 3 rings (SSSR count). The zero-order valence-electron chi connectivity index (χ0n) is 17.0. The Labute approximate surface area is 162 Å². The molecule has 1 fully saturated rings. The van der Waals surface area contributed by atoms with Gasteiger partial charge < -0.3 is 10.2 Å². The van der Waals surface area contributed by atoms with Crippen LogP contribution in [-0.4, -0.2) is 33.8 Å². The van der Waals surface area contributed by atoms with Gasteiger partial charge in [0.2, 0.25) is 0 Å². The van der Waals surface area contributed by atoms with Crippen LogP contribution in [-0.2, 0) is 13.1 Å². The molecule has 2 amide bonds. The Morgan fingerprint density at radius 1 is 1.26 bits per heavy atom. The van der Waals surface area contributed by atoms with Gasteiger partial charge >= 0.3 is 6.03 Å². The maximum atomic E-state index is 12.6. The first-order valence-electron chi connectivity index (χ1n) is 10.0. The smallest absolute Gasteiger partial charge is 0.317 e. The minimum absolute atomic E-state index is 0.0173. The van der Waals surface area contributed by atoms with Crippen LogP contribution in [0.15, 0.2) is 30.3 Å². The Morgan fingerprint density at radius 3 is 2.70 bits per heavy atom. The molecule has 1 N–H and O–H groups in total. The monoisotopic (exact) mass is 368 g/mol. The lowest BCUT2D eigenvalue weighted by molar-refractivity contribution is 0.160. The highest BCUT2D eigenvalue weighted by molar-refractivity contribution is 5.74. The molecular formula is C22H32N4O. The lowest BCUT2D eigenvalue weighted by Crippen LogP contribution is -2.45. The molecule has 0 bridgehead atoms. The summed E-state index contributed by atoms with van der Waals surface area (Å²) >= 11 is 0. The fraction of sp³-hybridized carbons (Fsp3) is 0.545. The lowest BCUT2D eigenvalue weighted by atomic mass is 9.86. The van der Waals surface area contributed by atoms with Crippen LogP contribution in [0.1, 0.15) is 55.1 Å². The first-order valence-corrected chi connectivity index (χ1v) is 10.0. The van der Waals surface area contributed by atoms with Gasteiger partial charge in [0, 0.05) is 30.9 Å². The molecule has 1 aliphatic carbocycles. The van der Waals surface area contributed by atoms with Crippen LogP contribution in [0.25, 0.3) is 0 Å². The number of carbonyl (C=O) groups is 1. The van der Waals surface area contributed by atoms with Crippen molar-refractivity contribution in [1.29, 1.82) is 0 Å². The molecule has 2 unspecified atom stereocenters. The molecule has 0 saturated heterocycles. The van der Waals surface area contributed by atoms with E-state index in [9.17, 15) is 4.79 Å². The Balaban J connectivity index is 1.61. The van der Waals surface area contributed by atoms with Gasteiger partial charge in [0.25, 0.3) is 0 Å². The van der Waals surface area contributed by atoms with E-state index in [2.05, 4.69) is 36.4 Å². The number of aryl methyl sites for hydroxylation is 1. The van der Waals surface area contributed by atoms with Crippen molar-refractivity contribution in [3.63, 3.8) is 0 Å². The average molecular weight is 369 g/mol. The van der Waals surface area contributed by atoms with Crippen LogP contribution >= 0.6 is 0 Å². The number of hydrogen-bond acceptors (Lipinski definition) is 2. The average Bonchev–Trinajstić information content (AvgIpc) is 2.93. The van der Waals surface area contributed by atoms with Crippen molar-refractivity contribution in [2.75, 3.05) is 7.05 Å². The molecule has 2 aromatic rings. The molecule has 5 heteroatoms. The summed E-state index contributed by atoms with van der Waals surface area (Å²) in [5, 5.41) is 7.78. The summed E-state index contributed by atoms with van der Waals surface area (Å²) < 4.78 is 2.03. The van der Waals surface area contributed by atoms with Gasteiger partial charge in [-0.2, -0.15) is 5.10 Å². The zero-order chi connectivity index (χ0) is 19.4. The second kappa shape index (κ2) is 8.59. The van der Waals surface area contributed by atoms with Crippen molar-refractivity contribution >= 4 is 6.03 Å². The fourth-order valence-electron chi connectivity index (χ4n) is 4.11. The van der Waals surface area contributed by atoms with Gasteiger partial charge in [-0.25, -0.2) is 4.79 Å². The predicted molar refractivity (Wildman–Crippen MR) is 109 cm³/mol. The zero-order valence-corrected chi connectivity index (χ0v) is 17.0. The summed E-state index contributed by atoms with van der Waals surface area (Å²) in [6, 6.07) is 10.7. The van der Waals surface area contributed by atoms with E-state index in [1.165, 1.54) is 18.4 Å². The molecule has 1 heterocycles. The summed E-state index contributed by atoms with van der Waals surface area (Å²) in [4.78, 5) is 14.5. The van der Waals surface area contributed by atoms with Gasteiger partial charge in [0.05, 0.1) is 12.2 Å². The number of nitrogens with one attached hydrogen (secondary N) is 1. The van der Waals surface area contributed by atoms with E-state index in [1.807, 2.05) is 41.8 Å². The molecule has 146 valence electrons. The molecule has 0 radical (unpaired) electrons. The molecule has 0 spiro atoms. The molecule has 1 aromatic heterocycles. The minimum atomic E-state index is 0.0173. The minimum Gasteiger partial charge on any atom is -0.334 e. The number of urea groups is 1. The van der Waals surface area contributed by atoms with Gasteiger partial charge in [0.1, 0.15) is 0 Å². The number of rotatable bonds is 5. The van der Waals surface area contributed by atoms with Crippen LogP contribution < -0.4 is 5.32 Å². The summed E-state index contributed by atoms with van der Waals surface area (Å²) in [6.45, 7) is 7.66. The predicted octanol–water partition coefficient (Wildman–Crippen LogP) is 4.27.